The Morgan fingerprint density at radius 1 is 1.16 bits per heavy atom. The summed E-state index contributed by atoms with van der Waals surface area (Å²) in [5.74, 6) is 2.21. The molecule has 5 heteroatoms. The Hall–Kier alpha value is -2.95. The predicted octanol–water partition coefficient (Wildman–Crippen LogP) is 5.21. The van der Waals surface area contributed by atoms with Gasteiger partial charge in [0.05, 0.1) is 6.54 Å². The van der Waals surface area contributed by atoms with Crippen LogP contribution in [-0.4, -0.2) is 30.1 Å². The van der Waals surface area contributed by atoms with Gasteiger partial charge in [-0.3, -0.25) is 4.79 Å². The van der Waals surface area contributed by atoms with Crippen LogP contribution in [0.3, 0.4) is 0 Å². The third kappa shape index (κ3) is 4.87. The van der Waals surface area contributed by atoms with Crippen LogP contribution in [0.25, 0.3) is 10.9 Å². The van der Waals surface area contributed by atoms with Gasteiger partial charge in [-0.15, -0.1) is 0 Å². The van der Waals surface area contributed by atoms with E-state index in [1.54, 1.807) is 0 Å². The molecule has 1 aromatic heterocycles. The standard InChI is InChI=1S/C26H32N2O3/c1-4-18-8-7-9-21-22(15-28-26(18)21)19(12-17(2)3)13-25(29)27-14-20-16-30-23-10-5-6-11-24(23)31-20/h5-11,15,17,19-20,28H,4,12-14,16H2,1-3H3,(H,27,29). The van der Waals surface area contributed by atoms with E-state index in [0.717, 1.165) is 24.3 Å². The van der Waals surface area contributed by atoms with Crippen LogP contribution in [0.2, 0.25) is 0 Å². The van der Waals surface area contributed by atoms with E-state index in [1.165, 1.54) is 22.0 Å². The highest BCUT2D eigenvalue weighted by molar-refractivity contribution is 5.87. The molecule has 0 radical (unpaired) electrons. The lowest BCUT2D eigenvalue weighted by molar-refractivity contribution is -0.122. The van der Waals surface area contributed by atoms with Gasteiger partial charge in [-0.1, -0.05) is 51.1 Å². The van der Waals surface area contributed by atoms with Crippen molar-refractivity contribution < 1.29 is 14.3 Å². The van der Waals surface area contributed by atoms with Gasteiger partial charge in [0.2, 0.25) is 5.91 Å². The van der Waals surface area contributed by atoms with Gasteiger partial charge in [0, 0.05) is 23.5 Å². The minimum atomic E-state index is -0.178. The third-order valence-corrected chi connectivity index (χ3v) is 5.94. The van der Waals surface area contributed by atoms with Crippen molar-refractivity contribution in [2.24, 2.45) is 5.92 Å². The number of ether oxygens (including phenoxy) is 2. The lowest BCUT2D eigenvalue weighted by Crippen LogP contribution is -2.41. The van der Waals surface area contributed by atoms with Gasteiger partial charge >= 0.3 is 0 Å². The van der Waals surface area contributed by atoms with Crippen LogP contribution in [0.5, 0.6) is 11.5 Å². The Morgan fingerprint density at radius 3 is 2.74 bits per heavy atom. The van der Waals surface area contributed by atoms with Crippen molar-refractivity contribution >= 4 is 16.8 Å². The Bertz CT molecular complexity index is 1040. The molecule has 0 saturated heterocycles. The Morgan fingerprint density at radius 2 is 1.97 bits per heavy atom. The van der Waals surface area contributed by atoms with E-state index >= 15 is 0 Å². The average Bonchev–Trinajstić information content (AvgIpc) is 3.21. The van der Waals surface area contributed by atoms with Gasteiger partial charge in [-0.2, -0.15) is 0 Å². The van der Waals surface area contributed by atoms with Crippen molar-refractivity contribution in [1.29, 1.82) is 0 Å². The van der Waals surface area contributed by atoms with Crippen LogP contribution in [0.1, 0.15) is 50.7 Å². The topological polar surface area (TPSA) is 63.4 Å². The first kappa shape index (κ1) is 21.3. The maximum Gasteiger partial charge on any atom is 0.220 e. The SMILES string of the molecule is CCc1cccc2c(C(CC(=O)NCC3COc4ccccc4O3)CC(C)C)c[nH]c12. The second kappa shape index (κ2) is 9.46. The Balaban J connectivity index is 1.42. The smallest absolute Gasteiger partial charge is 0.220 e. The first-order chi connectivity index (χ1) is 15.0. The number of amides is 1. The highest BCUT2D eigenvalue weighted by Gasteiger charge is 2.24. The lowest BCUT2D eigenvalue weighted by atomic mass is 9.87. The molecule has 4 rings (SSSR count). The number of carbonyl (C=O) groups excluding carboxylic acids is 1. The summed E-state index contributed by atoms with van der Waals surface area (Å²) in [6.45, 7) is 7.47. The Labute approximate surface area is 184 Å². The average molecular weight is 421 g/mol. The van der Waals surface area contributed by atoms with Gasteiger partial charge in [-0.25, -0.2) is 0 Å². The van der Waals surface area contributed by atoms with Crippen LogP contribution in [0.4, 0.5) is 0 Å². The highest BCUT2D eigenvalue weighted by atomic mass is 16.6. The first-order valence-corrected chi connectivity index (χ1v) is 11.3. The summed E-state index contributed by atoms with van der Waals surface area (Å²) < 4.78 is 11.7. The van der Waals surface area contributed by atoms with Gasteiger partial charge in [0.25, 0.3) is 0 Å². The third-order valence-electron chi connectivity index (χ3n) is 5.94. The number of fused-ring (bicyclic) bond motifs is 2. The fourth-order valence-corrected chi connectivity index (χ4v) is 4.45. The van der Waals surface area contributed by atoms with Crippen molar-refractivity contribution in [3.8, 4) is 11.5 Å². The number of rotatable bonds is 8. The number of benzene rings is 2. The number of hydrogen-bond acceptors (Lipinski definition) is 3. The van der Waals surface area contributed by atoms with Crippen LogP contribution in [-0.2, 0) is 11.2 Å². The molecule has 0 saturated carbocycles. The summed E-state index contributed by atoms with van der Waals surface area (Å²) in [5, 5.41) is 4.30. The number of carbonyl (C=O) groups is 1. The number of aromatic nitrogens is 1. The molecular formula is C26H32N2O3. The maximum absolute atomic E-state index is 12.9. The molecular weight excluding hydrogens is 388 g/mol. The molecule has 2 unspecified atom stereocenters. The largest absolute Gasteiger partial charge is 0.486 e. The second-order valence-corrected chi connectivity index (χ2v) is 8.77. The molecule has 1 amide bonds. The van der Waals surface area contributed by atoms with Crippen LogP contribution < -0.4 is 14.8 Å². The summed E-state index contributed by atoms with van der Waals surface area (Å²) in [5.41, 5.74) is 3.74. The van der Waals surface area contributed by atoms with Crippen molar-refractivity contribution in [2.45, 2.75) is 52.1 Å². The number of hydrogen-bond donors (Lipinski definition) is 2. The van der Waals surface area contributed by atoms with Crippen molar-refractivity contribution in [3.05, 3.63) is 59.8 Å². The van der Waals surface area contributed by atoms with Crippen molar-refractivity contribution in [3.63, 3.8) is 0 Å². The van der Waals surface area contributed by atoms with E-state index in [0.29, 0.717) is 25.5 Å². The summed E-state index contributed by atoms with van der Waals surface area (Å²) in [7, 11) is 0. The molecule has 164 valence electrons. The molecule has 2 atom stereocenters. The van der Waals surface area contributed by atoms with Gasteiger partial charge in [0.15, 0.2) is 11.5 Å². The van der Waals surface area contributed by atoms with E-state index in [4.69, 9.17) is 9.47 Å². The van der Waals surface area contributed by atoms with Crippen molar-refractivity contribution in [2.75, 3.05) is 13.2 Å². The van der Waals surface area contributed by atoms with Crippen LogP contribution in [0, 0.1) is 5.92 Å². The summed E-state index contributed by atoms with van der Waals surface area (Å²) >= 11 is 0. The molecule has 3 aromatic rings. The molecule has 5 nitrogen and oxygen atoms in total. The molecule has 0 bridgehead atoms. The normalized spacial score (nSPS) is 16.5. The zero-order valence-corrected chi connectivity index (χ0v) is 18.6. The zero-order chi connectivity index (χ0) is 21.8. The molecule has 2 aromatic carbocycles. The number of nitrogens with one attached hydrogen (secondary N) is 2. The number of para-hydroxylation sites is 3. The van der Waals surface area contributed by atoms with E-state index in [2.05, 4.69) is 55.5 Å². The fraction of sp³-hybridized carbons (Fsp3) is 0.423. The highest BCUT2D eigenvalue weighted by Crippen LogP contribution is 2.34. The molecule has 1 aliphatic heterocycles. The van der Waals surface area contributed by atoms with Gasteiger partial charge in [0.1, 0.15) is 12.7 Å². The predicted molar refractivity (Wildman–Crippen MR) is 124 cm³/mol. The number of aromatic amines is 1. The molecule has 2 heterocycles. The molecule has 1 aliphatic rings. The first-order valence-electron chi connectivity index (χ1n) is 11.3. The van der Waals surface area contributed by atoms with E-state index in [9.17, 15) is 4.79 Å². The zero-order valence-electron chi connectivity index (χ0n) is 18.6. The molecule has 0 aliphatic carbocycles. The number of aryl methyl sites for hydroxylation is 1. The molecule has 0 spiro atoms. The number of H-pyrrole nitrogens is 1. The quantitative estimate of drug-likeness (QED) is 0.526. The summed E-state index contributed by atoms with van der Waals surface area (Å²) in [6, 6.07) is 14.1. The lowest BCUT2D eigenvalue weighted by Gasteiger charge is -2.27. The van der Waals surface area contributed by atoms with E-state index in [1.807, 2.05) is 24.3 Å². The van der Waals surface area contributed by atoms with Crippen LogP contribution >= 0.6 is 0 Å². The van der Waals surface area contributed by atoms with Gasteiger partial charge in [-0.05, 0) is 47.9 Å². The molecule has 2 N–H and O–H groups in total. The van der Waals surface area contributed by atoms with Crippen LogP contribution in [0.15, 0.2) is 48.7 Å². The summed E-state index contributed by atoms with van der Waals surface area (Å²) in [4.78, 5) is 16.3. The molecule has 31 heavy (non-hydrogen) atoms. The van der Waals surface area contributed by atoms with E-state index < -0.39 is 0 Å². The minimum absolute atomic E-state index is 0.0501. The second-order valence-electron chi connectivity index (χ2n) is 8.77. The van der Waals surface area contributed by atoms with E-state index in [-0.39, 0.29) is 17.9 Å². The molecule has 0 fully saturated rings. The van der Waals surface area contributed by atoms with Crippen molar-refractivity contribution in [1.82, 2.24) is 10.3 Å². The fourth-order valence-electron chi connectivity index (χ4n) is 4.45. The summed E-state index contributed by atoms with van der Waals surface area (Å²) in [6.07, 6.45) is 4.33. The monoisotopic (exact) mass is 420 g/mol. The minimum Gasteiger partial charge on any atom is -0.486 e. The Kier molecular flexibility index (Phi) is 6.50. The maximum atomic E-state index is 12.9. The van der Waals surface area contributed by atoms with Gasteiger partial charge < -0.3 is 19.8 Å².